The van der Waals surface area contributed by atoms with Crippen LogP contribution in [0.3, 0.4) is 0 Å². The molecule has 6 heteroatoms. The van der Waals surface area contributed by atoms with Crippen molar-refractivity contribution in [1.29, 1.82) is 0 Å². The molecule has 2 fully saturated rings. The third-order valence-electron chi connectivity index (χ3n) is 5.28. The molecular formula is C22H28IN3O2. The van der Waals surface area contributed by atoms with Crippen LogP contribution in [0.2, 0.25) is 0 Å². The molecule has 4 rings (SSSR count). The molecule has 0 aliphatic carbocycles. The number of aliphatic imine (C=N–C) groups is 1. The molecule has 2 aliphatic heterocycles. The van der Waals surface area contributed by atoms with Crippen LogP contribution in [0.1, 0.15) is 30.4 Å². The first kappa shape index (κ1) is 20.9. The quantitative estimate of drug-likeness (QED) is 0.365. The van der Waals surface area contributed by atoms with Crippen molar-refractivity contribution in [2.45, 2.75) is 50.7 Å². The monoisotopic (exact) mass is 493 g/mol. The first-order chi connectivity index (χ1) is 13.3. The summed E-state index contributed by atoms with van der Waals surface area (Å²) in [5.41, 5.74) is 2.36. The van der Waals surface area contributed by atoms with Gasteiger partial charge in [-0.15, -0.1) is 24.0 Å². The van der Waals surface area contributed by atoms with E-state index in [9.17, 15) is 0 Å². The Morgan fingerprint density at radius 2 is 1.86 bits per heavy atom. The predicted molar refractivity (Wildman–Crippen MR) is 122 cm³/mol. The average Bonchev–Trinajstić information content (AvgIpc) is 3.34. The number of halogens is 1. The van der Waals surface area contributed by atoms with Crippen molar-refractivity contribution in [2.75, 3.05) is 7.05 Å². The van der Waals surface area contributed by atoms with Crippen molar-refractivity contribution < 1.29 is 9.47 Å². The molecule has 2 aromatic carbocycles. The number of benzene rings is 2. The van der Waals surface area contributed by atoms with Crippen molar-refractivity contribution in [1.82, 2.24) is 10.6 Å². The van der Waals surface area contributed by atoms with Crippen LogP contribution in [0, 0.1) is 0 Å². The Hall–Kier alpha value is -1.80. The van der Waals surface area contributed by atoms with Gasteiger partial charge in [0, 0.05) is 13.6 Å². The highest BCUT2D eigenvalue weighted by Crippen LogP contribution is 2.34. The molecule has 2 heterocycles. The van der Waals surface area contributed by atoms with Crippen LogP contribution in [0.25, 0.3) is 0 Å². The normalized spacial score (nSPS) is 23.2. The predicted octanol–water partition coefficient (Wildman–Crippen LogP) is 3.87. The minimum atomic E-state index is 0. The second kappa shape index (κ2) is 10.1. The Bertz CT molecular complexity index is 767. The molecule has 2 N–H and O–H groups in total. The van der Waals surface area contributed by atoms with Gasteiger partial charge in [-0.25, -0.2) is 0 Å². The molecule has 150 valence electrons. The van der Waals surface area contributed by atoms with E-state index >= 15 is 0 Å². The largest absolute Gasteiger partial charge is 0.489 e. The summed E-state index contributed by atoms with van der Waals surface area (Å²) in [7, 11) is 1.81. The highest BCUT2D eigenvalue weighted by atomic mass is 127. The second-order valence-electron chi connectivity index (χ2n) is 7.20. The molecule has 2 bridgehead atoms. The van der Waals surface area contributed by atoms with E-state index in [1.807, 2.05) is 37.4 Å². The maximum absolute atomic E-state index is 5.90. The third-order valence-corrected chi connectivity index (χ3v) is 5.28. The molecule has 0 spiro atoms. The van der Waals surface area contributed by atoms with Gasteiger partial charge in [-0.1, -0.05) is 42.5 Å². The second-order valence-corrected chi connectivity index (χ2v) is 7.20. The summed E-state index contributed by atoms with van der Waals surface area (Å²) < 4.78 is 11.7. The lowest BCUT2D eigenvalue weighted by Crippen LogP contribution is -2.47. The lowest BCUT2D eigenvalue weighted by atomic mass is 9.96. The molecule has 0 radical (unpaired) electrons. The Morgan fingerprint density at radius 3 is 2.50 bits per heavy atom. The van der Waals surface area contributed by atoms with E-state index < -0.39 is 0 Å². The Labute approximate surface area is 183 Å². The number of hydrogen-bond acceptors (Lipinski definition) is 3. The number of nitrogens with one attached hydrogen (secondary N) is 2. The number of fused-ring (bicyclic) bond motifs is 2. The van der Waals surface area contributed by atoms with Crippen LogP contribution in [0.15, 0.2) is 59.6 Å². The minimum absolute atomic E-state index is 0. The van der Waals surface area contributed by atoms with Gasteiger partial charge in [-0.05, 0) is 42.5 Å². The van der Waals surface area contributed by atoms with E-state index in [0.29, 0.717) is 24.9 Å². The molecule has 2 saturated heterocycles. The Kier molecular flexibility index (Phi) is 7.56. The summed E-state index contributed by atoms with van der Waals surface area (Å²) in [5, 5.41) is 6.90. The lowest BCUT2D eigenvalue weighted by Gasteiger charge is -2.22. The highest BCUT2D eigenvalue weighted by molar-refractivity contribution is 14.0. The van der Waals surface area contributed by atoms with Gasteiger partial charge in [0.2, 0.25) is 0 Å². The number of rotatable bonds is 6. The smallest absolute Gasteiger partial charge is 0.191 e. The summed E-state index contributed by atoms with van der Waals surface area (Å²) in [5.74, 6) is 1.71. The summed E-state index contributed by atoms with van der Waals surface area (Å²) in [6.45, 7) is 1.31. The molecule has 28 heavy (non-hydrogen) atoms. The zero-order valence-electron chi connectivity index (χ0n) is 16.1. The lowest BCUT2D eigenvalue weighted by molar-refractivity contribution is 0.0992. The molecule has 0 aromatic heterocycles. The summed E-state index contributed by atoms with van der Waals surface area (Å²) in [6, 6.07) is 18.8. The van der Waals surface area contributed by atoms with Gasteiger partial charge in [-0.2, -0.15) is 0 Å². The van der Waals surface area contributed by atoms with E-state index in [4.69, 9.17) is 9.47 Å². The molecule has 3 unspecified atom stereocenters. The van der Waals surface area contributed by atoms with Crippen LogP contribution in [0.4, 0.5) is 0 Å². The molecular weight excluding hydrogens is 465 g/mol. The van der Waals surface area contributed by atoms with Crippen LogP contribution in [-0.2, 0) is 17.9 Å². The topological polar surface area (TPSA) is 54.9 Å². The van der Waals surface area contributed by atoms with Crippen molar-refractivity contribution >= 4 is 29.9 Å². The fourth-order valence-corrected chi connectivity index (χ4v) is 3.79. The number of nitrogens with zero attached hydrogens (tertiary/aromatic N) is 1. The molecule has 0 amide bonds. The SMILES string of the molecule is CN=C(NCc1ccc(OCc2ccccc2)cc1)NC1CC2CCC1O2.I. The maximum atomic E-state index is 5.90. The van der Waals surface area contributed by atoms with Gasteiger partial charge in [0.15, 0.2) is 5.96 Å². The van der Waals surface area contributed by atoms with E-state index in [1.165, 1.54) is 17.5 Å². The van der Waals surface area contributed by atoms with Crippen molar-refractivity contribution in [3.8, 4) is 5.75 Å². The van der Waals surface area contributed by atoms with Crippen molar-refractivity contribution in [3.63, 3.8) is 0 Å². The Balaban J connectivity index is 0.00000225. The zero-order valence-corrected chi connectivity index (χ0v) is 18.5. The van der Waals surface area contributed by atoms with Crippen LogP contribution in [-0.4, -0.2) is 31.3 Å². The summed E-state index contributed by atoms with van der Waals surface area (Å²) in [4.78, 5) is 4.34. The zero-order chi connectivity index (χ0) is 18.5. The van der Waals surface area contributed by atoms with Gasteiger partial charge < -0.3 is 20.1 Å². The molecule has 0 saturated carbocycles. The van der Waals surface area contributed by atoms with E-state index in [-0.39, 0.29) is 24.0 Å². The minimum Gasteiger partial charge on any atom is -0.489 e. The van der Waals surface area contributed by atoms with E-state index in [2.05, 4.69) is 39.9 Å². The Morgan fingerprint density at radius 1 is 1.07 bits per heavy atom. The van der Waals surface area contributed by atoms with Gasteiger partial charge in [0.1, 0.15) is 12.4 Å². The number of ether oxygens (including phenoxy) is 2. The summed E-state index contributed by atoms with van der Waals surface area (Å²) >= 11 is 0. The van der Waals surface area contributed by atoms with Crippen molar-refractivity contribution in [2.24, 2.45) is 4.99 Å². The van der Waals surface area contributed by atoms with Gasteiger partial charge in [-0.3, -0.25) is 4.99 Å². The van der Waals surface area contributed by atoms with E-state index in [0.717, 1.165) is 31.1 Å². The molecule has 2 aliphatic rings. The van der Waals surface area contributed by atoms with Crippen molar-refractivity contribution in [3.05, 3.63) is 65.7 Å². The fraction of sp³-hybridized carbons (Fsp3) is 0.409. The van der Waals surface area contributed by atoms with Crippen LogP contribution < -0.4 is 15.4 Å². The van der Waals surface area contributed by atoms with Crippen LogP contribution >= 0.6 is 24.0 Å². The molecule has 3 atom stereocenters. The standard InChI is InChI=1S/C22H27N3O2.HI/c1-23-22(25-20-13-19-11-12-21(20)27-19)24-14-16-7-9-18(10-8-16)26-15-17-5-3-2-4-6-17;/h2-10,19-21H,11-15H2,1H3,(H2,23,24,25);1H. The highest BCUT2D eigenvalue weighted by Gasteiger charge is 2.41. The number of guanidine groups is 1. The summed E-state index contributed by atoms with van der Waals surface area (Å²) in [6.07, 6.45) is 4.22. The third kappa shape index (κ3) is 5.38. The first-order valence-corrected chi connectivity index (χ1v) is 9.68. The van der Waals surface area contributed by atoms with Gasteiger partial charge in [0.05, 0.1) is 18.2 Å². The average molecular weight is 493 g/mol. The van der Waals surface area contributed by atoms with Gasteiger partial charge >= 0.3 is 0 Å². The van der Waals surface area contributed by atoms with Gasteiger partial charge in [0.25, 0.3) is 0 Å². The van der Waals surface area contributed by atoms with E-state index in [1.54, 1.807) is 0 Å². The number of hydrogen-bond donors (Lipinski definition) is 2. The maximum Gasteiger partial charge on any atom is 0.191 e. The fourth-order valence-electron chi connectivity index (χ4n) is 3.79. The molecule has 2 aromatic rings. The van der Waals surface area contributed by atoms with Crippen LogP contribution in [0.5, 0.6) is 5.75 Å². The first-order valence-electron chi connectivity index (χ1n) is 9.68. The molecule has 5 nitrogen and oxygen atoms in total.